The Bertz CT molecular complexity index is 1070. The third-order valence-electron chi connectivity index (χ3n) is 7.30. The molecule has 0 bridgehead atoms. The lowest BCUT2D eigenvalue weighted by Crippen LogP contribution is -2.65. The second-order valence-electron chi connectivity index (χ2n) is 10.1. The van der Waals surface area contributed by atoms with E-state index in [0.29, 0.717) is 32.2 Å². The first kappa shape index (κ1) is 30.5. The highest BCUT2D eigenvalue weighted by Crippen LogP contribution is 2.37. The van der Waals surface area contributed by atoms with Crippen molar-refractivity contribution in [3.63, 3.8) is 0 Å². The molecule has 2 heterocycles. The van der Waals surface area contributed by atoms with E-state index in [4.69, 9.17) is 11.5 Å². The minimum absolute atomic E-state index is 0.127. The van der Waals surface area contributed by atoms with E-state index in [1.807, 2.05) is 18.2 Å². The Morgan fingerprint density at radius 3 is 2.26 bits per heavy atom. The summed E-state index contributed by atoms with van der Waals surface area (Å²) in [6.45, 7) is 3.34. The van der Waals surface area contributed by atoms with Gasteiger partial charge < -0.3 is 36.8 Å². The van der Waals surface area contributed by atoms with E-state index in [1.165, 1.54) is 23.6 Å². The Morgan fingerprint density at radius 2 is 1.71 bits per heavy atom. The van der Waals surface area contributed by atoms with Gasteiger partial charge in [-0.1, -0.05) is 31.9 Å². The topological polar surface area (TPSA) is 179 Å². The second kappa shape index (κ2) is 12.4. The molecule has 6 atom stereocenters. The van der Waals surface area contributed by atoms with Crippen molar-refractivity contribution in [1.29, 1.82) is 0 Å². The fourth-order valence-electron chi connectivity index (χ4n) is 5.32. The number of likely N-dealkylation sites (tertiary alicyclic amines) is 2. The summed E-state index contributed by atoms with van der Waals surface area (Å²) in [5, 5.41) is 22.5. The molecule has 0 radical (unpaired) electrons. The number of carbonyl (C=O) groups excluding carboxylic acids is 4. The summed E-state index contributed by atoms with van der Waals surface area (Å²) in [4.78, 5) is 55.8. The predicted octanol–water partition coefficient (Wildman–Crippen LogP) is 0.165. The van der Waals surface area contributed by atoms with Crippen LogP contribution in [0, 0.1) is 0 Å². The maximum absolute atomic E-state index is 14.0. The number of carbonyl (C=O) groups is 4. The van der Waals surface area contributed by atoms with E-state index >= 15 is 0 Å². The van der Waals surface area contributed by atoms with Crippen molar-refractivity contribution >= 4 is 55.5 Å². The van der Waals surface area contributed by atoms with Gasteiger partial charge in [-0.05, 0) is 63.3 Å². The first-order chi connectivity index (χ1) is 17.8. The van der Waals surface area contributed by atoms with Gasteiger partial charge in [0.15, 0.2) is 0 Å². The van der Waals surface area contributed by atoms with Crippen molar-refractivity contribution < 1.29 is 29.4 Å². The van der Waals surface area contributed by atoms with Gasteiger partial charge in [0.1, 0.15) is 23.7 Å². The van der Waals surface area contributed by atoms with Gasteiger partial charge in [-0.15, -0.1) is 0 Å². The van der Waals surface area contributed by atoms with E-state index in [2.05, 4.69) is 37.2 Å². The van der Waals surface area contributed by atoms with Crippen LogP contribution in [-0.4, -0.2) is 92.6 Å². The first-order valence-electron chi connectivity index (χ1n) is 12.6. The lowest BCUT2D eigenvalue weighted by atomic mass is 9.86. The molecule has 1 aromatic carbocycles. The highest BCUT2D eigenvalue weighted by Gasteiger charge is 2.53. The molecule has 4 unspecified atom stereocenters. The van der Waals surface area contributed by atoms with Gasteiger partial charge in [0.2, 0.25) is 23.6 Å². The molecular formula is C25H35Br2N5O6. The zero-order valence-electron chi connectivity index (χ0n) is 21.4. The number of hydrogen-bond donors (Lipinski definition) is 5. The molecule has 2 fully saturated rings. The number of aliphatic hydroxyl groups excluding tert-OH is 2. The van der Waals surface area contributed by atoms with Gasteiger partial charge in [-0.25, -0.2) is 0 Å². The van der Waals surface area contributed by atoms with Gasteiger partial charge in [-0.3, -0.25) is 19.2 Å². The van der Waals surface area contributed by atoms with Crippen LogP contribution in [0.2, 0.25) is 0 Å². The third-order valence-corrected chi connectivity index (χ3v) is 8.21. The van der Waals surface area contributed by atoms with Crippen LogP contribution in [0.4, 0.5) is 0 Å². The maximum atomic E-state index is 14.0. The predicted molar refractivity (Wildman–Crippen MR) is 146 cm³/mol. The Hall–Kier alpha value is -2.06. The number of benzene rings is 1. The number of halogens is 2. The highest BCUT2D eigenvalue weighted by atomic mass is 79.9. The van der Waals surface area contributed by atoms with E-state index in [1.54, 1.807) is 0 Å². The number of hydrogen-bond acceptors (Lipinski definition) is 7. The monoisotopic (exact) mass is 659 g/mol. The molecule has 0 spiro atoms. The van der Waals surface area contributed by atoms with Crippen LogP contribution in [0.1, 0.15) is 45.1 Å². The van der Waals surface area contributed by atoms with Crippen molar-refractivity contribution in [2.75, 3.05) is 13.1 Å². The summed E-state index contributed by atoms with van der Waals surface area (Å²) in [6, 6.07) is 2.17. The summed E-state index contributed by atoms with van der Waals surface area (Å²) in [5.41, 5.74) is 10.7. The van der Waals surface area contributed by atoms with Crippen LogP contribution >= 0.6 is 31.9 Å². The van der Waals surface area contributed by atoms with Gasteiger partial charge in [0.05, 0.1) is 12.2 Å². The fraction of sp³-hybridized carbons (Fsp3) is 0.600. The van der Waals surface area contributed by atoms with E-state index in [-0.39, 0.29) is 13.0 Å². The average molecular weight is 661 g/mol. The minimum atomic E-state index is -1.40. The van der Waals surface area contributed by atoms with Crippen LogP contribution in [0.5, 0.6) is 0 Å². The Morgan fingerprint density at radius 1 is 1.08 bits per heavy atom. The smallest absolute Gasteiger partial charge is 0.247 e. The summed E-state index contributed by atoms with van der Waals surface area (Å²) >= 11 is 6.92. The molecule has 38 heavy (non-hydrogen) atoms. The van der Waals surface area contributed by atoms with Crippen molar-refractivity contribution in [3.8, 4) is 0 Å². The van der Waals surface area contributed by atoms with Crippen LogP contribution in [0.25, 0.3) is 0 Å². The molecule has 1 aromatic rings. The lowest BCUT2D eigenvalue weighted by Gasteiger charge is -2.41. The SMILES string of the molecule is CC(O)C(N)C(=O)N1CCC[C@H]1C(=O)N1CCC[C@@]1(Cc1cc(Br)cc(Br)c1)C(=O)NC(C(N)=O)C(C)O. The number of rotatable bonds is 9. The molecule has 13 heteroatoms. The minimum Gasteiger partial charge on any atom is -0.391 e. The molecule has 2 saturated heterocycles. The number of nitrogens with one attached hydrogen (secondary N) is 1. The number of primary amides is 1. The normalized spacial score (nSPS) is 24.6. The number of nitrogens with two attached hydrogens (primary N) is 2. The quantitative estimate of drug-likeness (QED) is 0.250. The van der Waals surface area contributed by atoms with Gasteiger partial charge in [0.25, 0.3) is 0 Å². The number of aliphatic hydroxyl groups is 2. The molecule has 7 N–H and O–H groups in total. The zero-order chi connectivity index (χ0) is 28.4. The van der Waals surface area contributed by atoms with Crippen LogP contribution in [-0.2, 0) is 25.6 Å². The van der Waals surface area contributed by atoms with Crippen molar-refractivity contribution in [1.82, 2.24) is 15.1 Å². The van der Waals surface area contributed by atoms with E-state index < -0.39 is 59.5 Å². The zero-order valence-corrected chi connectivity index (χ0v) is 24.6. The average Bonchev–Trinajstić information content (AvgIpc) is 3.48. The van der Waals surface area contributed by atoms with E-state index in [9.17, 15) is 29.4 Å². The summed E-state index contributed by atoms with van der Waals surface area (Å²) in [5.74, 6) is -2.43. The van der Waals surface area contributed by atoms with Crippen LogP contribution in [0.15, 0.2) is 27.1 Å². The fourth-order valence-corrected chi connectivity index (χ4v) is 6.71. The first-order valence-corrected chi connectivity index (χ1v) is 14.2. The molecular weight excluding hydrogens is 626 g/mol. The number of amides is 4. The lowest BCUT2D eigenvalue weighted by molar-refractivity contribution is -0.152. The third kappa shape index (κ3) is 6.39. The molecule has 11 nitrogen and oxygen atoms in total. The molecule has 4 amide bonds. The molecule has 2 aliphatic rings. The Labute approximate surface area is 238 Å². The molecule has 0 saturated carbocycles. The van der Waals surface area contributed by atoms with Crippen LogP contribution < -0.4 is 16.8 Å². The maximum Gasteiger partial charge on any atom is 0.247 e. The van der Waals surface area contributed by atoms with Crippen LogP contribution in [0.3, 0.4) is 0 Å². The summed E-state index contributed by atoms with van der Waals surface area (Å²) < 4.78 is 1.54. The van der Waals surface area contributed by atoms with Crippen molar-refractivity contribution in [2.45, 2.75) is 81.8 Å². The van der Waals surface area contributed by atoms with Gasteiger partial charge in [0, 0.05) is 28.5 Å². The molecule has 0 aromatic heterocycles. The summed E-state index contributed by atoms with van der Waals surface area (Å²) in [7, 11) is 0. The molecule has 3 rings (SSSR count). The van der Waals surface area contributed by atoms with Crippen molar-refractivity contribution in [3.05, 3.63) is 32.7 Å². The largest absolute Gasteiger partial charge is 0.391 e. The highest BCUT2D eigenvalue weighted by molar-refractivity contribution is 9.11. The standard InChI is InChI=1S/C25H35Br2N5O6/c1-13(33)19(28)23(37)31-7-3-5-18(31)22(36)32-8-4-6-25(32,12-15-9-16(26)11-17(27)10-15)24(38)30-20(14(2)34)21(29)35/h9-11,13-14,18-20,33-34H,3-8,12,28H2,1-2H3,(H2,29,35)(H,30,38)/t13?,14?,18-,19?,20?,25+/m0/s1. The van der Waals surface area contributed by atoms with Gasteiger partial charge in [-0.2, -0.15) is 0 Å². The summed E-state index contributed by atoms with van der Waals surface area (Å²) in [6.07, 6.45) is -0.425. The van der Waals surface area contributed by atoms with E-state index in [0.717, 1.165) is 14.5 Å². The van der Waals surface area contributed by atoms with Crippen molar-refractivity contribution in [2.24, 2.45) is 11.5 Å². The molecule has 210 valence electrons. The molecule has 2 aliphatic heterocycles. The second-order valence-corrected chi connectivity index (χ2v) is 12.0. The number of nitrogens with zero attached hydrogens (tertiary/aromatic N) is 2. The Kier molecular flexibility index (Phi) is 9.96. The Balaban J connectivity index is 2.01. The van der Waals surface area contributed by atoms with Gasteiger partial charge >= 0.3 is 0 Å². The molecule has 0 aliphatic carbocycles.